The van der Waals surface area contributed by atoms with Gasteiger partial charge in [-0.15, -0.1) is 0 Å². The Bertz CT molecular complexity index is 888. The minimum absolute atomic E-state index is 0.158. The molecule has 3 N–H and O–H groups in total. The summed E-state index contributed by atoms with van der Waals surface area (Å²) in [5.41, 5.74) is 5.31. The zero-order chi connectivity index (χ0) is 21.2. The lowest BCUT2D eigenvalue weighted by molar-refractivity contribution is -0.118. The molecule has 0 aromatic heterocycles. The molecule has 154 valence electrons. The average Bonchev–Trinajstić information content (AvgIpc) is 2.68. The van der Waals surface area contributed by atoms with E-state index in [0.29, 0.717) is 33.3 Å². The van der Waals surface area contributed by atoms with Gasteiger partial charge in [-0.1, -0.05) is 17.7 Å². The normalized spacial score (nSPS) is 10.5. The first-order valence-corrected chi connectivity index (χ1v) is 10.1. The molecule has 2 aromatic carbocycles. The third-order valence-electron chi connectivity index (χ3n) is 3.65. The molecule has 2 rings (SSSR count). The van der Waals surface area contributed by atoms with Crippen LogP contribution in [0.2, 0.25) is 0 Å². The van der Waals surface area contributed by atoms with Crippen LogP contribution in [0.1, 0.15) is 18.1 Å². The number of carbonyl (C=O) groups excluding carboxylic acids is 1. The molecule has 0 aliphatic heterocycles. The van der Waals surface area contributed by atoms with Crippen LogP contribution in [0.3, 0.4) is 0 Å². The first kappa shape index (κ1) is 22.6. The Morgan fingerprint density at radius 2 is 2.00 bits per heavy atom. The van der Waals surface area contributed by atoms with Gasteiger partial charge in [-0.05, 0) is 71.8 Å². The lowest BCUT2D eigenvalue weighted by atomic mass is 10.2. The molecule has 29 heavy (non-hydrogen) atoms. The van der Waals surface area contributed by atoms with Gasteiger partial charge in [0.1, 0.15) is 0 Å². The fraction of sp³-hybridized carbons (Fsp3) is 0.250. The summed E-state index contributed by atoms with van der Waals surface area (Å²) in [4.78, 5) is 12.2. The summed E-state index contributed by atoms with van der Waals surface area (Å²) in [5.74, 6) is 0.632. The van der Waals surface area contributed by atoms with Crippen molar-refractivity contribution in [3.8, 4) is 11.5 Å². The van der Waals surface area contributed by atoms with E-state index in [4.69, 9.17) is 21.7 Å². The van der Waals surface area contributed by atoms with E-state index in [1.54, 1.807) is 18.3 Å². The van der Waals surface area contributed by atoms with Crippen LogP contribution < -0.4 is 25.5 Å². The lowest BCUT2D eigenvalue weighted by Gasteiger charge is -2.13. The van der Waals surface area contributed by atoms with Crippen molar-refractivity contribution in [2.45, 2.75) is 13.8 Å². The second-order valence-corrected chi connectivity index (χ2v) is 7.23. The number of hydrogen-bond acceptors (Lipinski definition) is 5. The van der Waals surface area contributed by atoms with Gasteiger partial charge < -0.3 is 20.1 Å². The van der Waals surface area contributed by atoms with Crippen LogP contribution >= 0.6 is 28.1 Å². The van der Waals surface area contributed by atoms with E-state index < -0.39 is 0 Å². The monoisotopic (exact) mass is 478 g/mol. The minimum atomic E-state index is -0.269. The number of amides is 1. The molecule has 0 aliphatic rings. The molecule has 9 heteroatoms. The van der Waals surface area contributed by atoms with Crippen molar-refractivity contribution in [1.82, 2.24) is 10.7 Å². The third kappa shape index (κ3) is 7.35. The Morgan fingerprint density at radius 1 is 1.28 bits per heavy atom. The highest BCUT2D eigenvalue weighted by atomic mass is 79.9. The van der Waals surface area contributed by atoms with Crippen molar-refractivity contribution < 1.29 is 14.3 Å². The molecular weight excluding hydrogens is 456 g/mol. The number of benzene rings is 2. The van der Waals surface area contributed by atoms with E-state index in [-0.39, 0.29) is 12.5 Å². The van der Waals surface area contributed by atoms with Gasteiger partial charge in [0.15, 0.2) is 23.2 Å². The molecule has 0 spiro atoms. The van der Waals surface area contributed by atoms with E-state index in [1.807, 2.05) is 38.1 Å². The Labute approximate surface area is 184 Å². The predicted octanol–water partition coefficient (Wildman–Crippen LogP) is 3.60. The van der Waals surface area contributed by atoms with Crippen LogP contribution in [-0.4, -0.2) is 37.5 Å². The van der Waals surface area contributed by atoms with Crippen LogP contribution in [0.5, 0.6) is 11.5 Å². The van der Waals surface area contributed by atoms with Gasteiger partial charge >= 0.3 is 0 Å². The molecule has 0 fully saturated rings. The second-order valence-electron chi connectivity index (χ2n) is 5.97. The van der Waals surface area contributed by atoms with E-state index >= 15 is 0 Å². The Balaban J connectivity index is 2.01. The van der Waals surface area contributed by atoms with Crippen LogP contribution in [0.15, 0.2) is 46.0 Å². The maximum absolute atomic E-state index is 12.2. The van der Waals surface area contributed by atoms with Gasteiger partial charge in [0.05, 0.1) is 17.8 Å². The molecule has 0 unspecified atom stereocenters. The number of ether oxygens (including phenoxy) is 2. The van der Waals surface area contributed by atoms with Gasteiger partial charge in [0, 0.05) is 12.2 Å². The number of rotatable bonds is 8. The lowest BCUT2D eigenvalue weighted by Crippen LogP contribution is -2.31. The van der Waals surface area contributed by atoms with E-state index in [9.17, 15) is 4.79 Å². The van der Waals surface area contributed by atoms with Crippen LogP contribution in [0, 0.1) is 6.92 Å². The van der Waals surface area contributed by atoms with E-state index in [2.05, 4.69) is 37.1 Å². The number of methoxy groups -OCH3 is 1. The fourth-order valence-electron chi connectivity index (χ4n) is 2.29. The van der Waals surface area contributed by atoms with E-state index in [0.717, 1.165) is 11.1 Å². The summed E-state index contributed by atoms with van der Waals surface area (Å²) in [6, 6.07) is 11.1. The van der Waals surface area contributed by atoms with Crippen molar-refractivity contribution in [2.24, 2.45) is 5.10 Å². The smallest absolute Gasteiger partial charge is 0.262 e. The number of nitrogens with one attached hydrogen (secondary N) is 3. The van der Waals surface area contributed by atoms with Crippen LogP contribution in [0.25, 0.3) is 0 Å². The summed E-state index contributed by atoms with van der Waals surface area (Å²) in [6.45, 7) is 4.48. The first-order valence-electron chi connectivity index (χ1n) is 8.86. The molecule has 7 nitrogen and oxygen atoms in total. The summed E-state index contributed by atoms with van der Waals surface area (Å²) in [5, 5.41) is 10.2. The van der Waals surface area contributed by atoms with Gasteiger partial charge in [-0.2, -0.15) is 5.10 Å². The Morgan fingerprint density at radius 3 is 2.66 bits per heavy atom. The fourth-order valence-corrected chi connectivity index (χ4v) is 3.06. The number of aryl methyl sites for hydroxylation is 1. The molecular formula is C20H23BrN4O3S. The maximum Gasteiger partial charge on any atom is 0.262 e. The Kier molecular flexibility index (Phi) is 8.88. The largest absolute Gasteiger partial charge is 0.493 e. The SMILES string of the molecule is CCNC(=S)N/N=C\c1cc(Br)c(OCC(=O)Nc2ccc(C)cc2)c(OC)c1. The van der Waals surface area contributed by atoms with Crippen LogP contribution in [0.4, 0.5) is 5.69 Å². The molecule has 1 amide bonds. The first-order chi connectivity index (χ1) is 13.9. The number of hydrazone groups is 1. The molecule has 0 bridgehead atoms. The highest BCUT2D eigenvalue weighted by molar-refractivity contribution is 9.10. The topological polar surface area (TPSA) is 84.0 Å². The summed E-state index contributed by atoms with van der Waals surface area (Å²) < 4.78 is 11.7. The Hall–Kier alpha value is -2.65. The zero-order valence-electron chi connectivity index (χ0n) is 16.4. The van der Waals surface area contributed by atoms with Crippen molar-refractivity contribution >= 4 is 51.1 Å². The molecule has 0 saturated heterocycles. The molecule has 2 aromatic rings. The number of hydrogen-bond donors (Lipinski definition) is 3. The maximum atomic E-state index is 12.2. The van der Waals surface area contributed by atoms with Gasteiger partial charge in [-0.3, -0.25) is 10.2 Å². The zero-order valence-corrected chi connectivity index (χ0v) is 18.8. The summed E-state index contributed by atoms with van der Waals surface area (Å²) >= 11 is 8.50. The van der Waals surface area contributed by atoms with Crippen molar-refractivity contribution in [2.75, 3.05) is 25.6 Å². The highest BCUT2D eigenvalue weighted by Crippen LogP contribution is 2.36. The quantitative estimate of drug-likeness (QED) is 0.305. The van der Waals surface area contributed by atoms with Gasteiger partial charge in [0.2, 0.25) is 0 Å². The second kappa shape index (κ2) is 11.4. The highest BCUT2D eigenvalue weighted by Gasteiger charge is 2.13. The van der Waals surface area contributed by atoms with Gasteiger partial charge in [-0.25, -0.2) is 0 Å². The number of thiocarbonyl (C=S) groups is 1. The standard InChI is InChI=1S/C20H23BrN4O3S/c1-4-22-20(29)25-23-11-14-9-16(21)19(17(10-14)27-3)28-12-18(26)24-15-7-5-13(2)6-8-15/h5-11H,4,12H2,1-3H3,(H,24,26)(H2,22,25,29)/b23-11-. The van der Waals surface area contributed by atoms with Crippen molar-refractivity contribution in [1.29, 1.82) is 0 Å². The molecule has 0 atom stereocenters. The number of carbonyl (C=O) groups is 1. The summed E-state index contributed by atoms with van der Waals surface area (Å²) in [6.07, 6.45) is 1.60. The molecule has 0 radical (unpaired) electrons. The van der Waals surface area contributed by atoms with Crippen molar-refractivity contribution in [3.05, 3.63) is 52.0 Å². The number of halogens is 1. The average molecular weight is 479 g/mol. The van der Waals surface area contributed by atoms with Gasteiger partial charge in [0.25, 0.3) is 5.91 Å². The van der Waals surface area contributed by atoms with Crippen molar-refractivity contribution in [3.63, 3.8) is 0 Å². The molecule has 0 aliphatic carbocycles. The third-order valence-corrected chi connectivity index (χ3v) is 4.48. The number of anilines is 1. The summed E-state index contributed by atoms with van der Waals surface area (Å²) in [7, 11) is 1.53. The molecule has 0 heterocycles. The predicted molar refractivity (Wildman–Crippen MR) is 123 cm³/mol. The van der Waals surface area contributed by atoms with E-state index in [1.165, 1.54) is 7.11 Å². The molecule has 0 saturated carbocycles. The number of nitrogens with zero attached hydrogens (tertiary/aromatic N) is 1. The minimum Gasteiger partial charge on any atom is -0.493 e. The van der Waals surface area contributed by atoms with Crippen LogP contribution in [-0.2, 0) is 4.79 Å².